The monoisotopic (exact) mass is 429 g/mol. The van der Waals surface area contributed by atoms with Crippen molar-refractivity contribution in [3.05, 3.63) is 77.9 Å². The Labute approximate surface area is 183 Å². The molecule has 0 aliphatic heterocycles. The summed E-state index contributed by atoms with van der Waals surface area (Å²) in [5.41, 5.74) is 1.58. The second-order valence-corrected chi connectivity index (χ2v) is 7.12. The normalized spacial score (nSPS) is 12.8. The Morgan fingerprint density at radius 1 is 1.00 bits per heavy atom. The van der Waals surface area contributed by atoms with Crippen molar-refractivity contribution in [1.29, 1.82) is 0 Å². The minimum Gasteiger partial charge on any atom is -1.00 e. The molecule has 0 bridgehead atoms. The van der Waals surface area contributed by atoms with Gasteiger partial charge in [-0.1, -0.05) is 54.6 Å². The fourth-order valence-electron chi connectivity index (χ4n) is 3.46. The van der Waals surface area contributed by atoms with Gasteiger partial charge in [0, 0.05) is 18.1 Å². The second kappa shape index (κ2) is 11.7. The SMILES string of the molecule is COCOc1ccc(C(=O)CC[NH2+]C(C)C(O)c2ccccc2)c2ccccc12.[Cl-]. The standard InChI is InChI=1S/C24H27NO4.ClH/c1-17(24(27)18-8-4-3-5-9-18)25-15-14-22(26)20-12-13-23(29-16-28-2)21-11-7-6-10-19(20)21;/h3-13,17,24-25,27H,14-16H2,1-2H3;1H. The Morgan fingerprint density at radius 3 is 2.37 bits per heavy atom. The fraction of sp³-hybridized carbons (Fsp3) is 0.292. The van der Waals surface area contributed by atoms with Crippen molar-refractivity contribution in [2.45, 2.75) is 25.5 Å². The number of halogens is 1. The number of aliphatic hydroxyl groups is 1. The highest BCUT2D eigenvalue weighted by Crippen LogP contribution is 2.29. The van der Waals surface area contributed by atoms with Gasteiger partial charge in [0.25, 0.3) is 0 Å². The molecule has 0 radical (unpaired) electrons. The molecule has 0 amide bonds. The van der Waals surface area contributed by atoms with Crippen LogP contribution >= 0.6 is 0 Å². The van der Waals surface area contributed by atoms with E-state index < -0.39 is 6.10 Å². The van der Waals surface area contributed by atoms with Gasteiger partial charge in [0.05, 0.1) is 13.0 Å². The smallest absolute Gasteiger partial charge is 0.188 e. The molecular weight excluding hydrogens is 402 g/mol. The summed E-state index contributed by atoms with van der Waals surface area (Å²) < 4.78 is 10.6. The lowest BCUT2D eigenvalue weighted by Gasteiger charge is -2.17. The summed E-state index contributed by atoms with van der Waals surface area (Å²) in [6.45, 7) is 2.74. The van der Waals surface area contributed by atoms with Crippen LogP contribution in [0.3, 0.4) is 0 Å². The average molecular weight is 430 g/mol. The van der Waals surface area contributed by atoms with Crippen molar-refractivity contribution < 1.29 is 37.1 Å². The summed E-state index contributed by atoms with van der Waals surface area (Å²) >= 11 is 0. The van der Waals surface area contributed by atoms with E-state index in [1.807, 2.05) is 79.0 Å². The third-order valence-electron chi connectivity index (χ3n) is 5.07. The molecule has 5 nitrogen and oxygen atoms in total. The molecular formula is C24H28ClNO4. The van der Waals surface area contributed by atoms with E-state index in [-0.39, 0.29) is 31.0 Å². The van der Waals surface area contributed by atoms with Gasteiger partial charge in [-0.15, -0.1) is 0 Å². The van der Waals surface area contributed by atoms with Crippen LogP contribution in [-0.2, 0) is 4.74 Å². The number of nitrogens with two attached hydrogens (primary N) is 1. The Kier molecular flexibility index (Phi) is 9.27. The van der Waals surface area contributed by atoms with E-state index in [4.69, 9.17) is 9.47 Å². The van der Waals surface area contributed by atoms with E-state index in [0.717, 1.165) is 16.3 Å². The molecule has 2 unspecified atom stereocenters. The highest BCUT2D eigenvalue weighted by molar-refractivity contribution is 6.09. The lowest BCUT2D eigenvalue weighted by molar-refractivity contribution is -0.693. The first-order valence-electron chi connectivity index (χ1n) is 9.85. The quantitative estimate of drug-likeness (QED) is 0.354. The molecule has 0 aliphatic rings. The summed E-state index contributed by atoms with van der Waals surface area (Å²) in [6, 6.07) is 20.9. The Hall–Kier alpha value is -2.44. The average Bonchev–Trinajstić information content (AvgIpc) is 2.77. The summed E-state index contributed by atoms with van der Waals surface area (Å²) in [5, 5.41) is 14.3. The van der Waals surface area contributed by atoms with E-state index in [1.54, 1.807) is 7.11 Å². The van der Waals surface area contributed by atoms with E-state index in [9.17, 15) is 9.90 Å². The number of hydrogen-bond acceptors (Lipinski definition) is 4. The number of carbonyl (C=O) groups excluding carboxylic acids is 1. The Balaban J connectivity index is 0.00000320. The molecule has 0 aliphatic carbocycles. The van der Waals surface area contributed by atoms with Crippen LogP contribution in [0.1, 0.15) is 35.4 Å². The number of hydrogen-bond donors (Lipinski definition) is 2. The maximum absolute atomic E-state index is 12.9. The summed E-state index contributed by atoms with van der Waals surface area (Å²) in [4.78, 5) is 12.9. The minimum absolute atomic E-state index is 0. The van der Waals surface area contributed by atoms with Gasteiger partial charge in [0.2, 0.25) is 0 Å². The van der Waals surface area contributed by atoms with Crippen molar-refractivity contribution in [1.82, 2.24) is 0 Å². The maximum Gasteiger partial charge on any atom is 0.188 e. The van der Waals surface area contributed by atoms with Crippen LogP contribution in [-0.4, -0.2) is 37.4 Å². The molecule has 0 saturated heterocycles. The molecule has 0 aromatic heterocycles. The molecule has 0 heterocycles. The maximum atomic E-state index is 12.9. The van der Waals surface area contributed by atoms with Crippen molar-refractivity contribution in [2.24, 2.45) is 0 Å². The van der Waals surface area contributed by atoms with Crippen LogP contribution in [0.4, 0.5) is 0 Å². The van der Waals surface area contributed by atoms with Crippen molar-refractivity contribution in [2.75, 3.05) is 20.4 Å². The van der Waals surface area contributed by atoms with Crippen LogP contribution in [0.25, 0.3) is 10.8 Å². The predicted molar refractivity (Wildman–Crippen MR) is 113 cm³/mol. The molecule has 3 rings (SSSR count). The zero-order valence-corrected chi connectivity index (χ0v) is 18.0. The van der Waals surface area contributed by atoms with Gasteiger partial charge in [0.15, 0.2) is 12.6 Å². The molecule has 3 aromatic rings. The first-order valence-corrected chi connectivity index (χ1v) is 9.85. The minimum atomic E-state index is -0.565. The summed E-state index contributed by atoms with van der Waals surface area (Å²) in [7, 11) is 1.58. The van der Waals surface area contributed by atoms with Crippen LogP contribution in [0.15, 0.2) is 66.7 Å². The first-order chi connectivity index (χ1) is 14.1. The van der Waals surface area contributed by atoms with Crippen LogP contribution in [0, 0.1) is 0 Å². The van der Waals surface area contributed by atoms with Gasteiger partial charge >= 0.3 is 0 Å². The van der Waals surface area contributed by atoms with Gasteiger partial charge in [-0.2, -0.15) is 0 Å². The topological polar surface area (TPSA) is 72.4 Å². The number of aliphatic hydroxyl groups excluding tert-OH is 1. The highest BCUT2D eigenvalue weighted by Gasteiger charge is 2.20. The van der Waals surface area contributed by atoms with E-state index in [0.29, 0.717) is 24.3 Å². The van der Waals surface area contributed by atoms with Gasteiger partial charge in [-0.05, 0) is 30.0 Å². The summed E-state index contributed by atoms with van der Waals surface area (Å²) in [6.07, 6.45) is -0.168. The van der Waals surface area contributed by atoms with Crippen LogP contribution in [0.2, 0.25) is 0 Å². The number of Topliss-reactive ketones (excluding diaryl/α,β-unsaturated/α-hetero) is 1. The molecule has 160 valence electrons. The number of methoxy groups -OCH3 is 1. The van der Waals surface area contributed by atoms with Crippen molar-refractivity contribution >= 4 is 16.6 Å². The summed E-state index contributed by atoms with van der Waals surface area (Å²) in [5.74, 6) is 0.780. The number of rotatable bonds is 10. The zero-order chi connectivity index (χ0) is 20.6. The van der Waals surface area contributed by atoms with Crippen molar-refractivity contribution in [3.63, 3.8) is 0 Å². The zero-order valence-electron chi connectivity index (χ0n) is 17.3. The van der Waals surface area contributed by atoms with E-state index >= 15 is 0 Å². The first kappa shape index (κ1) is 23.8. The van der Waals surface area contributed by atoms with Gasteiger partial charge in [-0.3, -0.25) is 4.79 Å². The molecule has 0 saturated carbocycles. The number of ether oxygens (including phenoxy) is 2. The van der Waals surface area contributed by atoms with Crippen LogP contribution < -0.4 is 22.5 Å². The molecule has 0 spiro atoms. The fourth-order valence-corrected chi connectivity index (χ4v) is 3.46. The number of fused-ring (bicyclic) bond motifs is 1. The number of carbonyl (C=O) groups is 1. The largest absolute Gasteiger partial charge is 1.00 e. The lowest BCUT2D eigenvalue weighted by Crippen LogP contribution is -3.00. The Bertz CT molecular complexity index is 948. The molecule has 6 heteroatoms. The molecule has 3 N–H and O–H groups in total. The Morgan fingerprint density at radius 2 is 1.67 bits per heavy atom. The highest BCUT2D eigenvalue weighted by atomic mass is 35.5. The van der Waals surface area contributed by atoms with Gasteiger partial charge < -0.3 is 32.3 Å². The number of benzene rings is 3. The predicted octanol–water partition coefficient (Wildman–Crippen LogP) is 0.0848. The van der Waals surface area contributed by atoms with Gasteiger partial charge in [-0.25, -0.2) is 0 Å². The third-order valence-corrected chi connectivity index (χ3v) is 5.07. The van der Waals surface area contributed by atoms with Crippen LogP contribution in [0.5, 0.6) is 5.75 Å². The van der Waals surface area contributed by atoms with E-state index in [1.165, 1.54) is 0 Å². The molecule has 30 heavy (non-hydrogen) atoms. The number of ketones is 1. The van der Waals surface area contributed by atoms with Gasteiger partial charge in [0.1, 0.15) is 17.9 Å². The molecule has 3 aromatic carbocycles. The van der Waals surface area contributed by atoms with E-state index in [2.05, 4.69) is 0 Å². The molecule has 2 atom stereocenters. The van der Waals surface area contributed by atoms with Crippen molar-refractivity contribution in [3.8, 4) is 5.75 Å². The molecule has 0 fully saturated rings. The number of quaternary nitrogens is 1. The lowest BCUT2D eigenvalue weighted by atomic mass is 9.99. The third kappa shape index (κ3) is 5.80. The second-order valence-electron chi connectivity index (χ2n) is 7.12.